The summed E-state index contributed by atoms with van der Waals surface area (Å²) in [6.45, 7) is 6.75. The molecule has 0 atom stereocenters. The maximum atomic E-state index is 12.6. The van der Waals surface area contributed by atoms with Crippen LogP contribution in [0.2, 0.25) is 0 Å². The average Bonchev–Trinajstić information content (AvgIpc) is 2.83. The third-order valence-electron chi connectivity index (χ3n) is 4.44. The number of carbonyl (C=O) groups is 1. The second-order valence-electron chi connectivity index (χ2n) is 6.85. The van der Waals surface area contributed by atoms with E-state index in [4.69, 9.17) is 14.2 Å². The van der Waals surface area contributed by atoms with Crippen molar-refractivity contribution >= 4 is 28.1 Å². The van der Waals surface area contributed by atoms with Gasteiger partial charge < -0.3 is 14.2 Å². The fourth-order valence-electron chi connectivity index (χ4n) is 2.90. The van der Waals surface area contributed by atoms with Gasteiger partial charge in [-0.3, -0.25) is 4.79 Å². The first-order valence-corrected chi connectivity index (χ1v) is 11.2. The van der Waals surface area contributed by atoms with E-state index in [2.05, 4.69) is 33.0 Å². The zero-order chi connectivity index (χ0) is 23.5. The molecule has 0 saturated heterocycles. The third kappa shape index (κ3) is 7.22. The van der Waals surface area contributed by atoms with E-state index < -0.39 is 0 Å². The highest BCUT2D eigenvalue weighted by molar-refractivity contribution is 9.10. The highest BCUT2D eigenvalue weighted by Gasteiger charge is 2.12. The molecule has 0 radical (unpaired) electrons. The van der Waals surface area contributed by atoms with E-state index in [1.165, 1.54) is 6.21 Å². The van der Waals surface area contributed by atoms with Gasteiger partial charge in [-0.15, -0.1) is 0 Å². The van der Waals surface area contributed by atoms with Crippen LogP contribution in [0.15, 0.2) is 89.0 Å². The predicted octanol–water partition coefficient (Wildman–Crippen LogP) is 5.76. The first kappa shape index (κ1) is 24.1. The van der Waals surface area contributed by atoms with E-state index in [9.17, 15) is 4.79 Å². The van der Waals surface area contributed by atoms with Crippen LogP contribution < -0.4 is 19.6 Å². The molecule has 3 aromatic carbocycles. The van der Waals surface area contributed by atoms with Gasteiger partial charge in [-0.2, -0.15) is 5.10 Å². The lowest BCUT2D eigenvalue weighted by Crippen LogP contribution is -2.18. The highest BCUT2D eigenvalue weighted by Crippen LogP contribution is 2.29. The predicted molar refractivity (Wildman–Crippen MR) is 133 cm³/mol. The Morgan fingerprint density at radius 3 is 2.55 bits per heavy atom. The van der Waals surface area contributed by atoms with Gasteiger partial charge in [0.05, 0.1) is 12.8 Å². The summed E-state index contributed by atoms with van der Waals surface area (Å²) >= 11 is 3.43. The lowest BCUT2D eigenvalue weighted by Gasteiger charge is -2.13. The smallest absolute Gasteiger partial charge is 0.271 e. The Morgan fingerprint density at radius 2 is 1.79 bits per heavy atom. The zero-order valence-electron chi connectivity index (χ0n) is 18.3. The van der Waals surface area contributed by atoms with Crippen LogP contribution in [0.4, 0.5) is 0 Å². The van der Waals surface area contributed by atoms with Crippen LogP contribution >= 0.6 is 15.9 Å². The highest BCUT2D eigenvalue weighted by atomic mass is 79.9. The van der Waals surface area contributed by atoms with Gasteiger partial charge in [0.15, 0.2) is 11.5 Å². The van der Waals surface area contributed by atoms with Crippen molar-refractivity contribution in [2.75, 3.05) is 13.2 Å². The van der Waals surface area contributed by atoms with E-state index in [-0.39, 0.29) is 5.91 Å². The van der Waals surface area contributed by atoms with Gasteiger partial charge in [-0.05, 0) is 48.9 Å². The second kappa shape index (κ2) is 12.5. The van der Waals surface area contributed by atoms with E-state index >= 15 is 0 Å². The molecular weight excluding hydrogens is 484 g/mol. The zero-order valence-corrected chi connectivity index (χ0v) is 19.9. The normalized spacial score (nSPS) is 10.6. The lowest BCUT2D eigenvalue weighted by molar-refractivity contribution is 0.0954. The molecule has 0 spiro atoms. The van der Waals surface area contributed by atoms with Gasteiger partial charge in [0, 0.05) is 15.6 Å². The SMILES string of the molecule is C=CCOc1ccc(Br)cc1/C=N/NC(=O)c1ccc(OCc2ccccc2)c(OCC)c1. The summed E-state index contributed by atoms with van der Waals surface area (Å²) in [7, 11) is 0. The van der Waals surface area contributed by atoms with Crippen molar-refractivity contribution in [3.8, 4) is 17.2 Å². The topological polar surface area (TPSA) is 69.2 Å². The number of nitrogens with zero attached hydrogens (tertiary/aromatic N) is 1. The Bertz CT molecular complexity index is 1120. The largest absolute Gasteiger partial charge is 0.490 e. The maximum Gasteiger partial charge on any atom is 0.271 e. The minimum atomic E-state index is -0.370. The van der Waals surface area contributed by atoms with Gasteiger partial charge in [0.25, 0.3) is 5.91 Å². The number of benzene rings is 3. The molecule has 3 aromatic rings. The molecule has 1 amide bonds. The molecule has 0 saturated carbocycles. The molecule has 7 heteroatoms. The Hall–Kier alpha value is -3.58. The molecule has 0 bridgehead atoms. The molecule has 170 valence electrons. The maximum absolute atomic E-state index is 12.6. The fraction of sp³-hybridized carbons (Fsp3) is 0.154. The number of carbonyl (C=O) groups excluding carboxylic acids is 1. The summed E-state index contributed by atoms with van der Waals surface area (Å²) in [5, 5.41) is 4.08. The van der Waals surface area contributed by atoms with Crippen molar-refractivity contribution in [2.24, 2.45) is 5.10 Å². The van der Waals surface area contributed by atoms with Crippen LogP contribution in [0.3, 0.4) is 0 Å². The van der Waals surface area contributed by atoms with Crippen molar-refractivity contribution in [1.82, 2.24) is 5.43 Å². The van der Waals surface area contributed by atoms with Crippen molar-refractivity contribution in [1.29, 1.82) is 0 Å². The third-order valence-corrected chi connectivity index (χ3v) is 4.93. The van der Waals surface area contributed by atoms with Crippen LogP contribution in [0.25, 0.3) is 0 Å². The van der Waals surface area contributed by atoms with Gasteiger partial charge in [0.2, 0.25) is 0 Å². The van der Waals surface area contributed by atoms with Crippen LogP contribution in [-0.2, 0) is 6.61 Å². The number of rotatable bonds is 11. The van der Waals surface area contributed by atoms with E-state index in [1.807, 2.05) is 55.5 Å². The molecule has 1 N–H and O–H groups in total. The van der Waals surface area contributed by atoms with Crippen LogP contribution in [0, 0.1) is 0 Å². The van der Waals surface area contributed by atoms with Gasteiger partial charge in [-0.25, -0.2) is 5.43 Å². The molecule has 0 aliphatic carbocycles. The average molecular weight is 509 g/mol. The molecule has 0 aromatic heterocycles. The number of amides is 1. The van der Waals surface area contributed by atoms with Crippen molar-refractivity contribution in [3.05, 3.63) is 101 Å². The standard InChI is InChI=1S/C26H25BrN2O4/c1-3-14-32-23-13-11-22(27)15-21(23)17-28-29-26(30)20-10-12-24(25(16-20)31-4-2)33-18-19-8-6-5-7-9-19/h3,5-13,15-17H,1,4,14,18H2,2H3,(H,29,30)/b28-17+. The van der Waals surface area contributed by atoms with Crippen LogP contribution in [0.1, 0.15) is 28.4 Å². The minimum absolute atomic E-state index is 0.369. The molecule has 33 heavy (non-hydrogen) atoms. The van der Waals surface area contributed by atoms with Gasteiger partial charge >= 0.3 is 0 Å². The molecule has 6 nitrogen and oxygen atoms in total. The lowest BCUT2D eigenvalue weighted by atomic mass is 10.2. The molecule has 0 aliphatic rings. The van der Waals surface area contributed by atoms with Crippen molar-refractivity contribution in [3.63, 3.8) is 0 Å². The number of nitrogens with one attached hydrogen (secondary N) is 1. The number of hydrogen-bond donors (Lipinski definition) is 1. The molecule has 0 heterocycles. The number of hydrazone groups is 1. The number of halogens is 1. The molecule has 3 rings (SSSR count). The summed E-state index contributed by atoms with van der Waals surface area (Å²) in [6.07, 6.45) is 3.19. The Morgan fingerprint density at radius 1 is 1.00 bits per heavy atom. The van der Waals surface area contributed by atoms with Gasteiger partial charge in [-0.1, -0.05) is 58.9 Å². The Kier molecular flexibility index (Phi) is 9.08. The summed E-state index contributed by atoms with van der Waals surface area (Å²) in [4.78, 5) is 12.6. The molecule has 0 aliphatic heterocycles. The van der Waals surface area contributed by atoms with E-state index in [0.29, 0.717) is 48.2 Å². The summed E-state index contributed by atoms with van der Waals surface area (Å²) in [5.41, 5.74) is 4.70. The summed E-state index contributed by atoms with van der Waals surface area (Å²) < 4.78 is 18.1. The molecule has 0 unspecified atom stereocenters. The number of hydrogen-bond acceptors (Lipinski definition) is 5. The van der Waals surface area contributed by atoms with E-state index in [1.54, 1.807) is 24.3 Å². The quantitative estimate of drug-likeness (QED) is 0.203. The van der Waals surface area contributed by atoms with Crippen molar-refractivity contribution < 1.29 is 19.0 Å². The Labute approximate surface area is 202 Å². The number of ether oxygens (including phenoxy) is 3. The van der Waals surface area contributed by atoms with Crippen LogP contribution in [0.5, 0.6) is 17.2 Å². The minimum Gasteiger partial charge on any atom is -0.490 e. The van der Waals surface area contributed by atoms with Crippen LogP contribution in [-0.4, -0.2) is 25.3 Å². The van der Waals surface area contributed by atoms with Gasteiger partial charge in [0.1, 0.15) is 19.0 Å². The van der Waals surface area contributed by atoms with E-state index in [0.717, 1.165) is 10.0 Å². The van der Waals surface area contributed by atoms with Crippen molar-refractivity contribution in [2.45, 2.75) is 13.5 Å². The first-order valence-electron chi connectivity index (χ1n) is 10.4. The Balaban J connectivity index is 1.69. The summed E-state index contributed by atoms with van der Waals surface area (Å²) in [5.74, 6) is 1.33. The monoisotopic (exact) mass is 508 g/mol. The second-order valence-corrected chi connectivity index (χ2v) is 7.77. The fourth-order valence-corrected chi connectivity index (χ4v) is 3.28. The molecular formula is C26H25BrN2O4. The first-order chi connectivity index (χ1) is 16.1. The molecule has 0 fully saturated rings. The summed E-state index contributed by atoms with van der Waals surface area (Å²) in [6, 6.07) is 20.4.